The van der Waals surface area contributed by atoms with Gasteiger partial charge in [0.1, 0.15) is 11.6 Å². The lowest BCUT2D eigenvalue weighted by Crippen LogP contribution is -2.17. The maximum absolute atomic E-state index is 13.0. The van der Waals surface area contributed by atoms with Gasteiger partial charge in [0.15, 0.2) is 0 Å². The predicted molar refractivity (Wildman–Crippen MR) is 57.9 cm³/mol. The number of nitrogens with one attached hydrogen (secondary N) is 1. The molecular weight excluding hydrogens is 249 g/mol. The number of hydrogen-bond acceptors (Lipinski definition) is 2. The van der Waals surface area contributed by atoms with Crippen LogP contribution in [0.1, 0.15) is 25.5 Å². The van der Waals surface area contributed by atoms with Crippen molar-refractivity contribution < 1.29 is 9.50 Å². The third-order valence-corrected chi connectivity index (χ3v) is 2.65. The third kappa shape index (κ3) is 2.45. The fourth-order valence-corrected chi connectivity index (χ4v) is 1.68. The normalized spacial score (nSPS) is 12.9. The number of phenolic OH excluding ortho intramolecular Hbond substituents is 1. The molecule has 1 unspecified atom stereocenters. The van der Waals surface area contributed by atoms with Crippen LogP contribution in [0.5, 0.6) is 5.75 Å². The summed E-state index contributed by atoms with van der Waals surface area (Å²) in [4.78, 5) is 0. The fraction of sp³-hybridized carbons (Fsp3) is 0.400. The molecule has 0 aromatic heterocycles. The topological polar surface area (TPSA) is 32.3 Å². The molecule has 0 spiro atoms. The van der Waals surface area contributed by atoms with Gasteiger partial charge in [0.2, 0.25) is 0 Å². The van der Waals surface area contributed by atoms with E-state index in [0.717, 1.165) is 12.6 Å². The second kappa shape index (κ2) is 4.75. The van der Waals surface area contributed by atoms with E-state index in [9.17, 15) is 9.50 Å². The molecule has 1 aromatic rings. The van der Waals surface area contributed by atoms with Gasteiger partial charge in [-0.25, -0.2) is 4.39 Å². The van der Waals surface area contributed by atoms with Gasteiger partial charge < -0.3 is 10.4 Å². The summed E-state index contributed by atoms with van der Waals surface area (Å²) >= 11 is 3.09. The van der Waals surface area contributed by atoms with Crippen LogP contribution in [0.15, 0.2) is 16.6 Å². The maximum Gasteiger partial charge on any atom is 0.141 e. The van der Waals surface area contributed by atoms with Crippen LogP contribution in [0.4, 0.5) is 4.39 Å². The summed E-state index contributed by atoms with van der Waals surface area (Å²) in [5.74, 6) is -0.464. The average molecular weight is 262 g/mol. The fourth-order valence-electron chi connectivity index (χ4n) is 1.31. The maximum atomic E-state index is 13.0. The lowest BCUT2D eigenvalue weighted by Gasteiger charge is -2.14. The molecule has 4 heteroatoms. The Morgan fingerprint density at radius 3 is 2.79 bits per heavy atom. The van der Waals surface area contributed by atoms with Crippen LogP contribution < -0.4 is 5.32 Å². The second-order valence-electron chi connectivity index (χ2n) is 3.10. The van der Waals surface area contributed by atoms with Gasteiger partial charge in [0, 0.05) is 17.7 Å². The monoisotopic (exact) mass is 261 g/mol. The molecule has 0 bridgehead atoms. The summed E-state index contributed by atoms with van der Waals surface area (Å²) in [6, 6.07) is 2.72. The van der Waals surface area contributed by atoms with Gasteiger partial charge in [-0.1, -0.05) is 6.92 Å². The Hall–Kier alpha value is -0.610. The molecule has 2 N–H and O–H groups in total. The standard InChI is InChI=1S/C10H13BrFNO/c1-3-13-6(2)7-4-8(11)9(12)5-10(7)14/h4-6,13-14H,3H2,1-2H3. The Kier molecular flexibility index (Phi) is 3.89. The third-order valence-electron chi connectivity index (χ3n) is 2.05. The summed E-state index contributed by atoms with van der Waals surface area (Å²) in [7, 11) is 0. The molecule has 0 aliphatic rings. The molecule has 0 heterocycles. The van der Waals surface area contributed by atoms with Crippen LogP contribution >= 0.6 is 15.9 Å². The van der Waals surface area contributed by atoms with Crippen LogP contribution in [0.25, 0.3) is 0 Å². The predicted octanol–water partition coefficient (Wildman–Crippen LogP) is 2.96. The van der Waals surface area contributed by atoms with Crippen molar-refractivity contribution in [1.82, 2.24) is 5.32 Å². The first-order chi connectivity index (χ1) is 6.56. The lowest BCUT2D eigenvalue weighted by atomic mass is 10.1. The molecule has 14 heavy (non-hydrogen) atoms. The van der Waals surface area contributed by atoms with Crippen molar-refractivity contribution in [3.05, 3.63) is 28.0 Å². The molecule has 2 nitrogen and oxygen atoms in total. The average Bonchev–Trinajstić information content (AvgIpc) is 2.11. The van der Waals surface area contributed by atoms with Crippen molar-refractivity contribution in [3.63, 3.8) is 0 Å². The number of hydrogen-bond donors (Lipinski definition) is 2. The highest BCUT2D eigenvalue weighted by molar-refractivity contribution is 9.10. The molecule has 1 rings (SSSR count). The molecule has 0 aliphatic heterocycles. The Morgan fingerprint density at radius 2 is 2.21 bits per heavy atom. The molecule has 1 atom stereocenters. The first kappa shape index (κ1) is 11.5. The first-order valence-electron chi connectivity index (χ1n) is 4.47. The van der Waals surface area contributed by atoms with E-state index in [4.69, 9.17) is 0 Å². The summed E-state index contributed by atoms with van der Waals surface area (Å²) in [6.07, 6.45) is 0. The van der Waals surface area contributed by atoms with Crippen molar-refractivity contribution in [2.75, 3.05) is 6.54 Å². The van der Waals surface area contributed by atoms with E-state index in [0.29, 0.717) is 10.0 Å². The number of aromatic hydroxyl groups is 1. The van der Waals surface area contributed by atoms with Gasteiger partial charge in [-0.3, -0.25) is 0 Å². The zero-order valence-electron chi connectivity index (χ0n) is 8.14. The van der Waals surface area contributed by atoms with Crippen molar-refractivity contribution >= 4 is 15.9 Å². The zero-order valence-corrected chi connectivity index (χ0v) is 9.73. The van der Waals surface area contributed by atoms with Gasteiger partial charge in [-0.15, -0.1) is 0 Å². The highest BCUT2D eigenvalue weighted by atomic mass is 79.9. The van der Waals surface area contributed by atoms with Gasteiger partial charge in [-0.2, -0.15) is 0 Å². The minimum absolute atomic E-state index is 0.0110. The van der Waals surface area contributed by atoms with Crippen LogP contribution in [-0.2, 0) is 0 Å². The molecule has 0 aliphatic carbocycles. The SMILES string of the molecule is CCNC(C)c1cc(Br)c(F)cc1O. The number of rotatable bonds is 3. The Morgan fingerprint density at radius 1 is 1.57 bits per heavy atom. The molecule has 0 saturated carbocycles. The van der Waals surface area contributed by atoms with Crippen molar-refractivity contribution in [3.8, 4) is 5.75 Å². The first-order valence-corrected chi connectivity index (χ1v) is 5.26. The van der Waals surface area contributed by atoms with E-state index in [1.54, 1.807) is 6.07 Å². The summed E-state index contributed by atoms with van der Waals surface area (Å²) in [5, 5.41) is 12.7. The Balaban J connectivity index is 3.02. The van der Waals surface area contributed by atoms with Gasteiger partial charge >= 0.3 is 0 Å². The minimum atomic E-state index is -0.449. The van der Waals surface area contributed by atoms with Crippen molar-refractivity contribution in [1.29, 1.82) is 0 Å². The lowest BCUT2D eigenvalue weighted by molar-refractivity contribution is 0.448. The molecule has 0 amide bonds. The summed E-state index contributed by atoms with van der Waals surface area (Å²) in [5.41, 5.74) is 0.695. The van der Waals surface area contributed by atoms with Gasteiger partial charge in [0.25, 0.3) is 0 Å². The molecule has 1 aromatic carbocycles. The highest BCUT2D eigenvalue weighted by Gasteiger charge is 2.12. The molecule has 0 radical (unpaired) electrons. The summed E-state index contributed by atoms with van der Waals surface area (Å²) < 4.78 is 13.4. The van der Waals surface area contributed by atoms with Crippen LogP contribution in [0.3, 0.4) is 0 Å². The van der Waals surface area contributed by atoms with E-state index in [-0.39, 0.29) is 11.8 Å². The molecule has 78 valence electrons. The largest absolute Gasteiger partial charge is 0.508 e. The van der Waals surface area contributed by atoms with E-state index in [2.05, 4.69) is 21.2 Å². The van der Waals surface area contributed by atoms with E-state index >= 15 is 0 Å². The number of benzene rings is 1. The zero-order chi connectivity index (χ0) is 10.7. The smallest absolute Gasteiger partial charge is 0.141 e. The number of halogens is 2. The second-order valence-corrected chi connectivity index (χ2v) is 3.96. The Labute approximate surface area is 91.3 Å². The Bertz CT molecular complexity index is 330. The highest BCUT2D eigenvalue weighted by Crippen LogP contribution is 2.29. The van der Waals surface area contributed by atoms with Crippen LogP contribution in [0.2, 0.25) is 0 Å². The van der Waals surface area contributed by atoms with Gasteiger partial charge in [-0.05, 0) is 35.5 Å². The quantitative estimate of drug-likeness (QED) is 0.877. The van der Waals surface area contributed by atoms with E-state index in [1.807, 2.05) is 13.8 Å². The van der Waals surface area contributed by atoms with Gasteiger partial charge in [0.05, 0.1) is 4.47 Å². The molecule has 0 fully saturated rings. The molecular formula is C10H13BrFNO. The summed E-state index contributed by atoms with van der Waals surface area (Å²) in [6.45, 7) is 4.70. The van der Waals surface area contributed by atoms with Crippen molar-refractivity contribution in [2.45, 2.75) is 19.9 Å². The molecule has 0 saturated heterocycles. The number of phenols is 1. The minimum Gasteiger partial charge on any atom is -0.508 e. The van der Waals surface area contributed by atoms with Crippen LogP contribution in [-0.4, -0.2) is 11.7 Å². The van der Waals surface area contributed by atoms with Crippen molar-refractivity contribution in [2.24, 2.45) is 0 Å². The van der Waals surface area contributed by atoms with E-state index in [1.165, 1.54) is 0 Å². The van der Waals surface area contributed by atoms with E-state index < -0.39 is 5.82 Å². The van der Waals surface area contributed by atoms with Crippen LogP contribution in [0, 0.1) is 5.82 Å².